The summed E-state index contributed by atoms with van der Waals surface area (Å²) < 4.78 is 5.67. The second-order valence-electron chi connectivity index (χ2n) is 7.11. The molecular weight excluding hydrogens is 370 g/mol. The predicted octanol–water partition coefficient (Wildman–Crippen LogP) is 5.02. The molecule has 1 saturated heterocycles. The van der Waals surface area contributed by atoms with Gasteiger partial charge in [-0.2, -0.15) is 0 Å². The van der Waals surface area contributed by atoms with Gasteiger partial charge in [-0.05, 0) is 55.7 Å². The van der Waals surface area contributed by atoms with Crippen LogP contribution in [0.2, 0.25) is 0 Å². The highest BCUT2D eigenvalue weighted by Gasteiger charge is 2.21. The molecule has 1 aliphatic heterocycles. The van der Waals surface area contributed by atoms with Gasteiger partial charge in [0.05, 0.1) is 21.9 Å². The van der Waals surface area contributed by atoms with E-state index in [2.05, 4.69) is 10.2 Å². The lowest BCUT2D eigenvalue weighted by Gasteiger charge is -2.21. The molecule has 0 unspecified atom stereocenters. The van der Waals surface area contributed by atoms with Crippen LogP contribution in [0, 0.1) is 17.0 Å². The summed E-state index contributed by atoms with van der Waals surface area (Å²) in [6.45, 7) is 3.72. The molecule has 7 heteroatoms. The van der Waals surface area contributed by atoms with E-state index in [-0.39, 0.29) is 17.2 Å². The fourth-order valence-electron chi connectivity index (χ4n) is 3.60. The molecule has 3 aromatic rings. The van der Waals surface area contributed by atoms with E-state index >= 15 is 0 Å². The van der Waals surface area contributed by atoms with Crippen LogP contribution in [0.4, 0.5) is 17.1 Å². The Balaban J connectivity index is 1.59. The van der Waals surface area contributed by atoms with Crippen molar-refractivity contribution in [2.45, 2.75) is 19.8 Å². The number of hydrogen-bond donors (Lipinski definition) is 1. The van der Waals surface area contributed by atoms with Gasteiger partial charge in [-0.1, -0.05) is 18.2 Å². The highest BCUT2D eigenvalue weighted by Crippen LogP contribution is 2.33. The lowest BCUT2D eigenvalue weighted by atomic mass is 10.1. The number of rotatable bonds is 5. The fraction of sp³-hybridized carbons (Fsp3) is 0.227. The number of nitro groups is 1. The van der Waals surface area contributed by atoms with Crippen LogP contribution in [0.15, 0.2) is 59.0 Å². The van der Waals surface area contributed by atoms with Crippen LogP contribution < -0.4 is 10.2 Å². The SMILES string of the molecule is Cc1ccc(-c2ccc(C(=O)Nc3ccccc3N3CCCC3)o2)c([N+](=O)[O-])c1. The Bertz CT molecular complexity index is 1070. The molecule has 0 aliphatic carbocycles. The predicted molar refractivity (Wildman–Crippen MR) is 111 cm³/mol. The number of para-hydroxylation sites is 2. The third-order valence-electron chi connectivity index (χ3n) is 5.04. The van der Waals surface area contributed by atoms with Crippen molar-refractivity contribution < 1.29 is 14.1 Å². The number of carbonyl (C=O) groups excluding carboxylic acids is 1. The van der Waals surface area contributed by atoms with E-state index in [1.807, 2.05) is 24.3 Å². The standard InChI is InChI=1S/C22H21N3O4/c1-15-8-9-16(19(14-15)25(27)28)20-10-11-21(29-20)22(26)23-17-6-2-3-7-18(17)24-12-4-5-13-24/h2-3,6-11,14H,4-5,12-13H2,1H3,(H,23,26). The number of carbonyl (C=O) groups is 1. The maximum Gasteiger partial charge on any atom is 0.291 e. The minimum absolute atomic E-state index is 0.0503. The Labute approximate surface area is 168 Å². The summed E-state index contributed by atoms with van der Waals surface area (Å²) in [6, 6.07) is 15.7. The van der Waals surface area contributed by atoms with E-state index in [9.17, 15) is 14.9 Å². The van der Waals surface area contributed by atoms with Gasteiger partial charge in [-0.25, -0.2) is 0 Å². The van der Waals surface area contributed by atoms with Crippen molar-refractivity contribution in [3.05, 3.63) is 76.0 Å². The zero-order valence-corrected chi connectivity index (χ0v) is 16.1. The Hall–Kier alpha value is -3.61. The highest BCUT2D eigenvalue weighted by molar-refractivity contribution is 6.04. The molecule has 2 heterocycles. The van der Waals surface area contributed by atoms with Crippen molar-refractivity contribution >= 4 is 23.0 Å². The molecule has 1 N–H and O–H groups in total. The molecule has 1 fully saturated rings. The van der Waals surface area contributed by atoms with Crippen LogP contribution in [0.3, 0.4) is 0 Å². The van der Waals surface area contributed by atoms with E-state index in [0.29, 0.717) is 5.56 Å². The molecule has 4 rings (SSSR count). The summed E-state index contributed by atoms with van der Waals surface area (Å²) in [7, 11) is 0. The maximum absolute atomic E-state index is 12.7. The summed E-state index contributed by atoms with van der Waals surface area (Å²) in [5.74, 6) is -0.00145. The first-order valence-corrected chi connectivity index (χ1v) is 9.53. The van der Waals surface area contributed by atoms with Gasteiger partial charge in [-0.3, -0.25) is 14.9 Å². The van der Waals surface area contributed by atoms with Gasteiger partial charge in [0.1, 0.15) is 5.76 Å². The van der Waals surface area contributed by atoms with E-state index in [1.165, 1.54) is 12.1 Å². The third kappa shape index (κ3) is 3.85. The van der Waals surface area contributed by atoms with Crippen molar-refractivity contribution in [1.29, 1.82) is 0 Å². The largest absolute Gasteiger partial charge is 0.451 e. The molecule has 29 heavy (non-hydrogen) atoms. The summed E-state index contributed by atoms with van der Waals surface area (Å²) in [6.07, 6.45) is 2.28. The Kier molecular flexibility index (Phi) is 5.03. The second kappa shape index (κ2) is 7.79. The number of nitro benzene ring substituents is 1. The fourth-order valence-corrected chi connectivity index (χ4v) is 3.60. The van der Waals surface area contributed by atoms with Crippen LogP contribution in [-0.2, 0) is 0 Å². The van der Waals surface area contributed by atoms with E-state index in [0.717, 1.165) is 42.9 Å². The molecule has 0 spiro atoms. The molecule has 1 aromatic heterocycles. The van der Waals surface area contributed by atoms with E-state index in [4.69, 9.17) is 4.42 Å². The third-order valence-corrected chi connectivity index (χ3v) is 5.04. The quantitative estimate of drug-likeness (QED) is 0.487. The van der Waals surface area contributed by atoms with Gasteiger partial charge in [-0.15, -0.1) is 0 Å². The van der Waals surface area contributed by atoms with Crippen LogP contribution >= 0.6 is 0 Å². The first-order valence-electron chi connectivity index (χ1n) is 9.53. The van der Waals surface area contributed by atoms with Crippen molar-refractivity contribution in [2.75, 3.05) is 23.3 Å². The molecule has 0 saturated carbocycles. The molecule has 1 amide bonds. The molecular formula is C22H21N3O4. The van der Waals surface area contributed by atoms with Crippen molar-refractivity contribution in [3.8, 4) is 11.3 Å². The topological polar surface area (TPSA) is 88.6 Å². The van der Waals surface area contributed by atoms with Gasteiger partial charge >= 0.3 is 0 Å². The number of hydrogen-bond acceptors (Lipinski definition) is 5. The van der Waals surface area contributed by atoms with Crippen molar-refractivity contribution in [2.24, 2.45) is 0 Å². The van der Waals surface area contributed by atoms with Crippen LogP contribution in [-0.4, -0.2) is 23.9 Å². The zero-order chi connectivity index (χ0) is 20.4. The second-order valence-corrected chi connectivity index (χ2v) is 7.11. The number of nitrogens with one attached hydrogen (secondary N) is 1. The molecule has 148 valence electrons. The Morgan fingerprint density at radius 3 is 2.62 bits per heavy atom. The zero-order valence-electron chi connectivity index (χ0n) is 16.1. The van der Waals surface area contributed by atoms with Gasteiger partial charge in [0.15, 0.2) is 5.76 Å². The number of benzene rings is 2. The number of aryl methyl sites for hydroxylation is 1. The number of furan rings is 1. The molecule has 0 radical (unpaired) electrons. The Morgan fingerprint density at radius 1 is 1.10 bits per heavy atom. The minimum Gasteiger partial charge on any atom is -0.451 e. The lowest BCUT2D eigenvalue weighted by molar-refractivity contribution is -0.384. The molecule has 0 atom stereocenters. The van der Waals surface area contributed by atoms with Gasteiger partial charge < -0.3 is 14.6 Å². The Morgan fingerprint density at radius 2 is 1.86 bits per heavy atom. The first-order chi connectivity index (χ1) is 14.0. The van der Waals surface area contributed by atoms with Gasteiger partial charge in [0, 0.05) is 19.2 Å². The monoisotopic (exact) mass is 391 g/mol. The van der Waals surface area contributed by atoms with Crippen LogP contribution in [0.1, 0.15) is 29.0 Å². The lowest BCUT2D eigenvalue weighted by Crippen LogP contribution is -2.20. The number of amides is 1. The summed E-state index contributed by atoms with van der Waals surface area (Å²) in [4.78, 5) is 25.9. The smallest absolute Gasteiger partial charge is 0.291 e. The molecule has 7 nitrogen and oxygen atoms in total. The summed E-state index contributed by atoms with van der Waals surface area (Å²) >= 11 is 0. The van der Waals surface area contributed by atoms with Crippen LogP contribution in [0.5, 0.6) is 0 Å². The van der Waals surface area contributed by atoms with Crippen molar-refractivity contribution in [1.82, 2.24) is 0 Å². The van der Waals surface area contributed by atoms with Crippen LogP contribution in [0.25, 0.3) is 11.3 Å². The summed E-state index contributed by atoms with van der Waals surface area (Å²) in [5.41, 5.74) is 2.78. The normalized spacial score (nSPS) is 13.5. The van der Waals surface area contributed by atoms with Crippen molar-refractivity contribution in [3.63, 3.8) is 0 Å². The van der Waals surface area contributed by atoms with Gasteiger partial charge in [0.2, 0.25) is 0 Å². The molecule has 0 bridgehead atoms. The highest BCUT2D eigenvalue weighted by atomic mass is 16.6. The maximum atomic E-state index is 12.7. The molecule has 2 aromatic carbocycles. The first kappa shape index (κ1) is 18.7. The average Bonchev–Trinajstić information content (AvgIpc) is 3.40. The van der Waals surface area contributed by atoms with E-state index in [1.54, 1.807) is 25.1 Å². The minimum atomic E-state index is -0.448. The number of anilines is 2. The van der Waals surface area contributed by atoms with Gasteiger partial charge in [0.25, 0.3) is 11.6 Å². The van der Waals surface area contributed by atoms with E-state index < -0.39 is 10.8 Å². The summed E-state index contributed by atoms with van der Waals surface area (Å²) in [5, 5.41) is 14.3. The number of nitrogens with zero attached hydrogens (tertiary/aromatic N) is 2. The average molecular weight is 391 g/mol. The molecule has 1 aliphatic rings.